The highest BCUT2D eigenvalue weighted by Gasteiger charge is 2.42. The summed E-state index contributed by atoms with van der Waals surface area (Å²) in [5, 5.41) is 14.5. The van der Waals surface area contributed by atoms with Crippen molar-refractivity contribution in [3.05, 3.63) is 64.0 Å². The molecule has 0 amide bonds. The van der Waals surface area contributed by atoms with Crippen LogP contribution in [0.4, 0.5) is 32.6 Å². The Kier molecular flexibility index (Phi) is 6.34. The average Bonchev–Trinajstić information content (AvgIpc) is 3.15. The maximum atomic E-state index is 14.0. The van der Waals surface area contributed by atoms with Crippen LogP contribution in [0.1, 0.15) is 29.7 Å². The number of thiophene rings is 1. The molecule has 3 unspecified atom stereocenters. The van der Waals surface area contributed by atoms with Gasteiger partial charge in [-0.15, -0.1) is 11.3 Å². The number of hydrogen-bond acceptors (Lipinski definition) is 6. The first-order valence-corrected chi connectivity index (χ1v) is 11.5. The number of anilines is 2. The highest BCUT2D eigenvalue weighted by molar-refractivity contribution is 8.00. The molecule has 2 aliphatic rings. The standard InChI is InChI=1S/C13H11F2NO2S.C9H8F3NS/c1-5-2-3-6(10(15)9(5)14)7-4-19-12(16)8(7)11-13(17)18-11;1-5-13-7-4-6(9(10,11)12)2-3-8(7)14-5/h2-4,11,13,17H,16H2,1H3;2-5,13H,1H3. The van der Waals surface area contributed by atoms with Crippen molar-refractivity contribution in [2.75, 3.05) is 11.1 Å². The number of nitrogens with two attached hydrogens (primary N) is 1. The number of fused-ring (bicyclic) bond motifs is 1. The van der Waals surface area contributed by atoms with E-state index in [2.05, 4.69) is 5.32 Å². The van der Waals surface area contributed by atoms with Gasteiger partial charge in [0, 0.05) is 32.7 Å². The molecule has 2 aliphatic heterocycles. The van der Waals surface area contributed by atoms with Gasteiger partial charge in [0.2, 0.25) is 0 Å². The van der Waals surface area contributed by atoms with Crippen LogP contribution in [-0.4, -0.2) is 16.8 Å². The molecule has 1 fully saturated rings. The Morgan fingerprint density at radius 1 is 1.09 bits per heavy atom. The summed E-state index contributed by atoms with van der Waals surface area (Å²) >= 11 is 2.74. The van der Waals surface area contributed by atoms with E-state index < -0.39 is 35.8 Å². The van der Waals surface area contributed by atoms with E-state index in [-0.39, 0.29) is 16.5 Å². The number of alkyl halides is 3. The highest BCUT2D eigenvalue weighted by Crippen LogP contribution is 2.48. The first-order chi connectivity index (χ1) is 15.5. The van der Waals surface area contributed by atoms with Gasteiger partial charge in [0.05, 0.1) is 15.9 Å². The molecular formula is C22H19F5N2O2S2. The number of hydrogen-bond donors (Lipinski definition) is 3. The van der Waals surface area contributed by atoms with Crippen molar-refractivity contribution in [2.45, 2.75) is 42.7 Å². The van der Waals surface area contributed by atoms with Crippen molar-refractivity contribution in [1.29, 1.82) is 0 Å². The Morgan fingerprint density at radius 3 is 2.42 bits per heavy atom. The van der Waals surface area contributed by atoms with Gasteiger partial charge in [-0.1, -0.05) is 23.9 Å². The maximum Gasteiger partial charge on any atom is 0.416 e. The third-order valence-corrected chi connectivity index (χ3v) is 7.06. The fourth-order valence-electron chi connectivity index (χ4n) is 3.41. The molecule has 3 heterocycles. The largest absolute Gasteiger partial charge is 0.416 e. The van der Waals surface area contributed by atoms with Crippen molar-refractivity contribution < 1.29 is 31.8 Å². The normalized spacial score (nSPS) is 21.2. The fraction of sp³-hybridized carbons (Fsp3) is 0.273. The Bertz CT molecular complexity index is 1200. The molecule has 4 N–H and O–H groups in total. The minimum atomic E-state index is -4.26. The summed E-state index contributed by atoms with van der Waals surface area (Å²) in [6.07, 6.45) is -5.73. The molecule has 0 spiro atoms. The number of epoxide rings is 1. The number of nitrogen functional groups attached to an aromatic ring is 1. The lowest BCUT2D eigenvalue weighted by Crippen LogP contribution is -2.06. The van der Waals surface area contributed by atoms with Crippen LogP contribution in [0.3, 0.4) is 0 Å². The summed E-state index contributed by atoms with van der Waals surface area (Å²) in [5.74, 6) is -1.78. The van der Waals surface area contributed by atoms with Gasteiger partial charge >= 0.3 is 6.18 Å². The molecule has 4 nitrogen and oxygen atoms in total. The molecule has 0 radical (unpaired) electrons. The van der Waals surface area contributed by atoms with Crippen LogP contribution in [0.25, 0.3) is 11.1 Å². The quantitative estimate of drug-likeness (QED) is 0.274. The third kappa shape index (κ3) is 4.81. The van der Waals surface area contributed by atoms with Crippen LogP contribution in [0.15, 0.2) is 40.6 Å². The molecule has 11 heteroatoms. The second-order valence-electron chi connectivity index (χ2n) is 7.55. The minimum absolute atomic E-state index is 0.133. The second kappa shape index (κ2) is 8.79. The Hall–Kier alpha value is -2.34. The number of halogens is 5. The van der Waals surface area contributed by atoms with E-state index in [0.717, 1.165) is 17.0 Å². The SMILES string of the molecule is CC1Nc2cc(C(F)(F)F)ccc2S1.Cc1ccc(-c2csc(N)c2C2OC2O)c(F)c1F. The van der Waals surface area contributed by atoms with E-state index in [1.54, 1.807) is 5.38 Å². The van der Waals surface area contributed by atoms with Crippen LogP contribution in [0.2, 0.25) is 0 Å². The van der Waals surface area contributed by atoms with Crippen molar-refractivity contribution in [1.82, 2.24) is 0 Å². The predicted octanol–water partition coefficient (Wildman–Crippen LogP) is 6.54. The van der Waals surface area contributed by atoms with Crippen LogP contribution < -0.4 is 11.1 Å². The van der Waals surface area contributed by atoms with E-state index in [4.69, 9.17) is 10.5 Å². The van der Waals surface area contributed by atoms with Crippen LogP contribution in [0, 0.1) is 18.6 Å². The third-order valence-electron chi connectivity index (χ3n) is 5.15. The van der Waals surface area contributed by atoms with Gasteiger partial charge in [0.1, 0.15) is 6.10 Å². The fourth-order valence-corrected chi connectivity index (χ4v) is 5.22. The Balaban J connectivity index is 0.000000165. The monoisotopic (exact) mass is 502 g/mol. The van der Waals surface area contributed by atoms with Gasteiger partial charge in [0.25, 0.3) is 0 Å². The van der Waals surface area contributed by atoms with Crippen molar-refractivity contribution in [3.8, 4) is 11.1 Å². The van der Waals surface area contributed by atoms with Crippen LogP contribution in [0.5, 0.6) is 0 Å². The van der Waals surface area contributed by atoms with E-state index in [9.17, 15) is 27.1 Å². The lowest BCUT2D eigenvalue weighted by atomic mass is 10.00. The number of benzene rings is 2. The topological polar surface area (TPSA) is 70.8 Å². The molecule has 3 atom stereocenters. The highest BCUT2D eigenvalue weighted by atomic mass is 32.2. The number of aliphatic hydroxyl groups excluding tert-OH is 1. The molecule has 3 aromatic rings. The van der Waals surface area contributed by atoms with Gasteiger partial charge in [-0.2, -0.15) is 13.2 Å². The lowest BCUT2D eigenvalue weighted by molar-refractivity contribution is -0.137. The number of rotatable bonds is 2. The predicted molar refractivity (Wildman–Crippen MR) is 119 cm³/mol. The summed E-state index contributed by atoms with van der Waals surface area (Å²) in [5.41, 5.74) is 7.17. The van der Waals surface area contributed by atoms with Gasteiger partial charge < -0.3 is 20.9 Å². The Morgan fingerprint density at radius 2 is 1.79 bits per heavy atom. The zero-order valence-electron chi connectivity index (χ0n) is 17.3. The summed E-state index contributed by atoms with van der Waals surface area (Å²) in [4.78, 5) is 0.880. The molecule has 5 rings (SSSR count). The smallest absolute Gasteiger partial charge is 0.390 e. The van der Waals surface area contributed by atoms with Crippen molar-refractivity contribution in [3.63, 3.8) is 0 Å². The van der Waals surface area contributed by atoms with E-state index in [1.807, 2.05) is 6.92 Å². The second-order valence-corrected chi connectivity index (χ2v) is 9.84. The zero-order valence-corrected chi connectivity index (χ0v) is 19.0. The molecule has 1 aromatic heterocycles. The summed E-state index contributed by atoms with van der Waals surface area (Å²) in [7, 11) is 0. The maximum absolute atomic E-state index is 14.0. The summed E-state index contributed by atoms with van der Waals surface area (Å²) < 4.78 is 69.5. The van der Waals surface area contributed by atoms with E-state index >= 15 is 0 Å². The van der Waals surface area contributed by atoms with Gasteiger partial charge in [-0.3, -0.25) is 0 Å². The van der Waals surface area contributed by atoms with Crippen molar-refractivity contribution in [2.24, 2.45) is 0 Å². The van der Waals surface area contributed by atoms with Gasteiger partial charge in [-0.25, -0.2) is 8.78 Å². The molecular weight excluding hydrogens is 483 g/mol. The van der Waals surface area contributed by atoms with Crippen molar-refractivity contribution >= 4 is 33.8 Å². The summed E-state index contributed by atoms with van der Waals surface area (Å²) in [6.45, 7) is 3.41. The molecule has 0 aliphatic carbocycles. The number of aliphatic hydroxyl groups is 1. The summed E-state index contributed by atoms with van der Waals surface area (Å²) in [6, 6.07) is 6.81. The molecule has 2 aromatic carbocycles. The number of aryl methyl sites for hydroxylation is 1. The van der Waals surface area contributed by atoms with Crippen LogP contribution >= 0.6 is 23.1 Å². The van der Waals surface area contributed by atoms with Crippen LogP contribution in [-0.2, 0) is 10.9 Å². The van der Waals surface area contributed by atoms with Gasteiger partial charge in [0.15, 0.2) is 17.9 Å². The Labute approximate surface area is 194 Å². The average molecular weight is 503 g/mol. The van der Waals surface area contributed by atoms with E-state index in [1.165, 1.54) is 48.2 Å². The first-order valence-electron chi connectivity index (χ1n) is 9.77. The molecule has 176 valence electrons. The first kappa shape index (κ1) is 23.8. The van der Waals surface area contributed by atoms with E-state index in [0.29, 0.717) is 21.8 Å². The lowest BCUT2D eigenvalue weighted by Gasteiger charge is -2.08. The number of nitrogens with one attached hydrogen (secondary N) is 1. The number of ether oxygens (including phenoxy) is 1. The molecule has 33 heavy (non-hydrogen) atoms. The zero-order chi connectivity index (χ0) is 24.1. The molecule has 0 saturated carbocycles. The molecule has 0 bridgehead atoms. The van der Waals surface area contributed by atoms with Gasteiger partial charge in [-0.05, 0) is 37.6 Å². The molecule has 1 saturated heterocycles. The number of thioether (sulfide) groups is 1. The minimum Gasteiger partial charge on any atom is -0.390 e.